The Kier molecular flexibility index (Phi) is 4.40. The first-order valence-electron chi connectivity index (χ1n) is 8.21. The van der Waals surface area contributed by atoms with Gasteiger partial charge in [0.2, 0.25) is 0 Å². The Balaban J connectivity index is 1.53. The zero-order chi connectivity index (χ0) is 14.8. The SMILES string of the molecule is CCN1CCN(C2CN(c3ccnc(C(C)C)n3)C2)CC1. The first-order valence-corrected chi connectivity index (χ1v) is 8.21. The van der Waals surface area contributed by atoms with Crippen LogP contribution in [0.25, 0.3) is 0 Å². The molecule has 3 rings (SSSR count). The maximum Gasteiger partial charge on any atom is 0.133 e. The third-order valence-corrected chi connectivity index (χ3v) is 4.73. The molecule has 116 valence electrons. The highest BCUT2D eigenvalue weighted by molar-refractivity contribution is 5.42. The molecule has 5 heteroatoms. The Morgan fingerprint density at radius 1 is 1.19 bits per heavy atom. The average Bonchev–Trinajstić information content (AvgIpc) is 2.47. The van der Waals surface area contributed by atoms with Crippen LogP contribution >= 0.6 is 0 Å². The third-order valence-electron chi connectivity index (χ3n) is 4.73. The number of aromatic nitrogens is 2. The highest BCUT2D eigenvalue weighted by Gasteiger charge is 2.34. The van der Waals surface area contributed by atoms with Crippen LogP contribution in [0.4, 0.5) is 5.82 Å². The van der Waals surface area contributed by atoms with Gasteiger partial charge in [0.25, 0.3) is 0 Å². The fraction of sp³-hybridized carbons (Fsp3) is 0.750. The van der Waals surface area contributed by atoms with E-state index < -0.39 is 0 Å². The molecule has 0 aromatic carbocycles. The average molecular weight is 289 g/mol. The Hall–Kier alpha value is -1.20. The zero-order valence-electron chi connectivity index (χ0n) is 13.5. The lowest BCUT2D eigenvalue weighted by molar-refractivity contribution is 0.0859. The smallest absolute Gasteiger partial charge is 0.133 e. The summed E-state index contributed by atoms with van der Waals surface area (Å²) >= 11 is 0. The monoisotopic (exact) mass is 289 g/mol. The summed E-state index contributed by atoms with van der Waals surface area (Å²) in [6.07, 6.45) is 1.89. The molecule has 0 unspecified atom stereocenters. The van der Waals surface area contributed by atoms with Crippen molar-refractivity contribution in [3.63, 3.8) is 0 Å². The quantitative estimate of drug-likeness (QED) is 0.838. The molecule has 0 bridgehead atoms. The molecule has 2 saturated heterocycles. The van der Waals surface area contributed by atoms with Gasteiger partial charge in [0.1, 0.15) is 11.6 Å². The number of likely N-dealkylation sites (N-methyl/N-ethyl adjacent to an activating group) is 1. The van der Waals surface area contributed by atoms with Crippen LogP contribution in [0.15, 0.2) is 12.3 Å². The van der Waals surface area contributed by atoms with E-state index in [1.54, 1.807) is 0 Å². The van der Waals surface area contributed by atoms with Crippen molar-refractivity contribution >= 4 is 5.82 Å². The number of hydrogen-bond donors (Lipinski definition) is 0. The van der Waals surface area contributed by atoms with Crippen LogP contribution in [-0.2, 0) is 0 Å². The molecule has 1 aromatic rings. The summed E-state index contributed by atoms with van der Waals surface area (Å²) in [5.74, 6) is 2.44. The van der Waals surface area contributed by atoms with E-state index in [2.05, 4.69) is 45.4 Å². The van der Waals surface area contributed by atoms with Crippen molar-refractivity contribution in [2.45, 2.75) is 32.7 Å². The lowest BCUT2D eigenvalue weighted by atomic mass is 10.1. The van der Waals surface area contributed by atoms with E-state index in [4.69, 9.17) is 0 Å². The van der Waals surface area contributed by atoms with Crippen LogP contribution < -0.4 is 4.90 Å². The van der Waals surface area contributed by atoms with E-state index in [0.29, 0.717) is 12.0 Å². The van der Waals surface area contributed by atoms with Gasteiger partial charge >= 0.3 is 0 Å². The molecule has 0 N–H and O–H groups in total. The lowest BCUT2D eigenvalue weighted by Crippen LogP contribution is -2.63. The van der Waals surface area contributed by atoms with Gasteiger partial charge in [-0.1, -0.05) is 20.8 Å². The predicted octanol–water partition coefficient (Wildman–Crippen LogP) is 1.43. The van der Waals surface area contributed by atoms with E-state index >= 15 is 0 Å². The molecule has 2 aliphatic rings. The maximum atomic E-state index is 4.69. The topological polar surface area (TPSA) is 35.5 Å². The highest BCUT2D eigenvalue weighted by Crippen LogP contribution is 2.23. The molecule has 0 radical (unpaired) electrons. The molecule has 0 spiro atoms. The molecular weight excluding hydrogens is 262 g/mol. The number of piperazine rings is 1. The van der Waals surface area contributed by atoms with E-state index in [1.165, 1.54) is 32.7 Å². The summed E-state index contributed by atoms with van der Waals surface area (Å²) in [4.78, 5) is 16.6. The van der Waals surface area contributed by atoms with Crippen molar-refractivity contribution in [1.29, 1.82) is 0 Å². The molecule has 3 heterocycles. The Bertz CT molecular complexity index is 461. The van der Waals surface area contributed by atoms with Crippen LogP contribution in [-0.4, -0.2) is 71.6 Å². The first-order chi connectivity index (χ1) is 10.2. The van der Waals surface area contributed by atoms with Crippen molar-refractivity contribution in [2.24, 2.45) is 0 Å². The van der Waals surface area contributed by atoms with E-state index in [1.807, 2.05) is 12.3 Å². The molecule has 21 heavy (non-hydrogen) atoms. The number of hydrogen-bond acceptors (Lipinski definition) is 5. The van der Waals surface area contributed by atoms with Crippen LogP contribution in [0.5, 0.6) is 0 Å². The first kappa shape index (κ1) is 14.7. The van der Waals surface area contributed by atoms with Gasteiger partial charge in [0.05, 0.1) is 0 Å². The molecule has 1 aromatic heterocycles. The van der Waals surface area contributed by atoms with E-state index in [-0.39, 0.29) is 0 Å². The van der Waals surface area contributed by atoms with Crippen LogP contribution in [0, 0.1) is 0 Å². The van der Waals surface area contributed by atoms with Gasteiger partial charge in [-0.3, -0.25) is 4.90 Å². The fourth-order valence-corrected chi connectivity index (χ4v) is 3.14. The summed E-state index contributed by atoms with van der Waals surface area (Å²) in [5.41, 5.74) is 0. The van der Waals surface area contributed by atoms with Gasteiger partial charge in [-0.15, -0.1) is 0 Å². The van der Waals surface area contributed by atoms with Crippen molar-refractivity contribution in [3.8, 4) is 0 Å². The third kappa shape index (κ3) is 3.19. The maximum absolute atomic E-state index is 4.69. The van der Waals surface area contributed by atoms with Gasteiger partial charge in [0, 0.05) is 57.4 Å². The Morgan fingerprint density at radius 2 is 1.90 bits per heavy atom. The molecule has 0 saturated carbocycles. The van der Waals surface area contributed by atoms with Crippen LogP contribution in [0.3, 0.4) is 0 Å². The lowest BCUT2D eigenvalue weighted by Gasteiger charge is -2.48. The summed E-state index contributed by atoms with van der Waals surface area (Å²) in [6, 6.07) is 2.75. The molecule has 2 aliphatic heterocycles. The minimum Gasteiger partial charge on any atom is -0.353 e. The molecular formula is C16H27N5. The van der Waals surface area contributed by atoms with Crippen molar-refractivity contribution in [2.75, 3.05) is 50.7 Å². The molecule has 0 aliphatic carbocycles. The second-order valence-electron chi connectivity index (χ2n) is 6.46. The van der Waals surface area contributed by atoms with Crippen LogP contribution in [0.1, 0.15) is 32.5 Å². The Morgan fingerprint density at radius 3 is 2.52 bits per heavy atom. The van der Waals surface area contributed by atoms with Crippen molar-refractivity contribution < 1.29 is 0 Å². The van der Waals surface area contributed by atoms with Gasteiger partial charge < -0.3 is 9.80 Å². The predicted molar refractivity (Wildman–Crippen MR) is 85.8 cm³/mol. The molecule has 0 atom stereocenters. The summed E-state index contributed by atoms with van der Waals surface area (Å²) in [6.45, 7) is 14.8. The second kappa shape index (κ2) is 6.28. The summed E-state index contributed by atoms with van der Waals surface area (Å²) < 4.78 is 0. The number of nitrogens with zero attached hydrogens (tertiary/aromatic N) is 5. The standard InChI is InChI=1S/C16H27N5/c1-4-19-7-9-20(10-8-19)14-11-21(12-14)15-5-6-17-16(18-15)13(2)3/h5-6,13-14H,4,7-12H2,1-3H3. The van der Waals surface area contributed by atoms with Gasteiger partial charge in [-0.05, 0) is 12.6 Å². The van der Waals surface area contributed by atoms with Crippen LogP contribution in [0.2, 0.25) is 0 Å². The number of anilines is 1. The summed E-state index contributed by atoms with van der Waals surface area (Å²) in [5, 5.41) is 0. The van der Waals surface area contributed by atoms with Gasteiger partial charge in [-0.2, -0.15) is 0 Å². The Labute approximate surface area is 128 Å². The zero-order valence-corrected chi connectivity index (χ0v) is 13.5. The largest absolute Gasteiger partial charge is 0.353 e. The highest BCUT2D eigenvalue weighted by atomic mass is 15.4. The molecule has 2 fully saturated rings. The van der Waals surface area contributed by atoms with Crippen molar-refractivity contribution in [1.82, 2.24) is 19.8 Å². The summed E-state index contributed by atoms with van der Waals surface area (Å²) in [7, 11) is 0. The van der Waals surface area contributed by atoms with Crippen molar-refractivity contribution in [3.05, 3.63) is 18.1 Å². The molecule has 5 nitrogen and oxygen atoms in total. The second-order valence-corrected chi connectivity index (χ2v) is 6.46. The normalized spacial score (nSPS) is 21.8. The van der Waals surface area contributed by atoms with E-state index in [9.17, 15) is 0 Å². The number of rotatable bonds is 4. The molecule has 0 amide bonds. The fourth-order valence-electron chi connectivity index (χ4n) is 3.14. The van der Waals surface area contributed by atoms with E-state index in [0.717, 1.165) is 24.7 Å². The minimum absolute atomic E-state index is 0.393. The van der Waals surface area contributed by atoms with Gasteiger partial charge in [-0.25, -0.2) is 9.97 Å². The van der Waals surface area contributed by atoms with Gasteiger partial charge in [0.15, 0.2) is 0 Å². The minimum atomic E-state index is 0.393.